The molecule has 2 fully saturated rings. The van der Waals surface area contributed by atoms with Crippen LogP contribution in [-0.4, -0.2) is 68.6 Å². The number of nitrogens with one attached hydrogen (secondary N) is 1. The van der Waals surface area contributed by atoms with Crippen LogP contribution in [0.15, 0.2) is 0 Å². The molecule has 0 aromatic heterocycles. The Kier molecular flexibility index (Phi) is 8.16. The molecule has 0 saturated carbocycles. The van der Waals surface area contributed by atoms with E-state index < -0.39 is 10.0 Å². The Balaban J connectivity index is 1.69. The Morgan fingerprint density at radius 3 is 2.64 bits per heavy atom. The number of carbonyl (C=O) groups excluding carboxylic acids is 1. The second-order valence-electron chi connectivity index (χ2n) is 7.71. The van der Waals surface area contributed by atoms with Crippen LogP contribution in [-0.2, 0) is 14.8 Å². The van der Waals surface area contributed by atoms with Crippen molar-refractivity contribution in [1.29, 1.82) is 0 Å². The molecule has 2 rings (SSSR count). The number of sulfonamides is 1. The van der Waals surface area contributed by atoms with Crippen LogP contribution in [0.25, 0.3) is 0 Å². The number of hydrogen-bond acceptors (Lipinski definition) is 4. The lowest BCUT2D eigenvalue weighted by molar-refractivity contribution is -0.126. The molecule has 2 saturated heterocycles. The van der Waals surface area contributed by atoms with E-state index in [0.717, 1.165) is 31.7 Å². The molecule has 0 aliphatic carbocycles. The van der Waals surface area contributed by atoms with Gasteiger partial charge in [0.1, 0.15) is 0 Å². The number of amides is 1. The van der Waals surface area contributed by atoms with Crippen LogP contribution in [0.4, 0.5) is 0 Å². The minimum absolute atomic E-state index is 0.0170. The Bertz CT molecular complexity index is 524. The molecule has 2 aliphatic heterocycles. The lowest BCUT2D eigenvalue weighted by Crippen LogP contribution is -2.46. The van der Waals surface area contributed by atoms with Gasteiger partial charge in [0, 0.05) is 26.2 Å². The molecule has 0 aromatic carbocycles. The van der Waals surface area contributed by atoms with Crippen molar-refractivity contribution in [2.24, 2.45) is 11.8 Å². The summed E-state index contributed by atoms with van der Waals surface area (Å²) in [6, 6.07) is 0. The highest BCUT2D eigenvalue weighted by atomic mass is 32.2. The van der Waals surface area contributed by atoms with Crippen molar-refractivity contribution >= 4 is 15.9 Å². The summed E-state index contributed by atoms with van der Waals surface area (Å²) in [7, 11) is -3.20. The van der Waals surface area contributed by atoms with E-state index in [1.165, 1.54) is 30.2 Å². The molecule has 2 atom stereocenters. The van der Waals surface area contributed by atoms with Gasteiger partial charge in [-0.3, -0.25) is 4.79 Å². The monoisotopic (exact) mass is 373 g/mol. The lowest BCUT2D eigenvalue weighted by Gasteiger charge is -2.32. The maximum Gasteiger partial charge on any atom is 0.224 e. The average Bonchev–Trinajstić information content (AvgIpc) is 2.59. The van der Waals surface area contributed by atoms with Gasteiger partial charge in [0.15, 0.2) is 0 Å². The van der Waals surface area contributed by atoms with E-state index in [1.807, 2.05) is 6.92 Å². The Morgan fingerprint density at radius 2 is 1.92 bits per heavy atom. The van der Waals surface area contributed by atoms with Crippen LogP contribution >= 0.6 is 0 Å². The molecule has 0 unspecified atom stereocenters. The van der Waals surface area contributed by atoms with Gasteiger partial charge in [-0.2, -0.15) is 0 Å². The van der Waals surface area contributed by atoms with E-state index in [0.29, 0.717) is 26.1 Å². The summed E-state index contributed by atoms with van der Waals surface area (Å²) in [5, 5.41) is 3.02. The van der Waals surface area contributed by atoms with Gasteiger partial charge < -0.3 is 10.2 Å². The predicted octanol–water partition coefficient (Wildman–Crippen LogP) is 1.68. The van der Waals surface area contributed by atoms with Crippen molar-refractivity contribution in [2.45, 2.75) is 52.4 Å². The first-order valence-corrected chi connectivity index (χ1v) is 11.5. The SMILES string of the molecule is CCCS(=O)(=O)N1CCC[C@H](C(=O)NCCCN2CCC[C@@H](C)C2)C1. The number of likely N-dealkylation sites (tertiary alicyclic amines) is 1. The molecular weight excluding hydrogens is 338 g/mol. The summed E-state index contributed by atoms with van der Waals surface area (Å²) in [4.78, 5) is 14.9. The van der Waals surface area contributed by atoms with Gasteiger partial charge in [0.25, 0.3) is 0 Å². The van der Waals surface area contributed by atoms with Gasteiger partial charge in [-0.15, -0.1) is 0 Å². The fourth-order valence-corrected chi connectivity index (χ4v) is 5.53. The molecule has 0 aromatic rings. The molecule has 0 bridgehead atoms. The molecule has 6 nitrogen and oxygen atoms in total. The lowest BCUT2D eigenvalue weighted by atomic mass is 9.99. The van der Waals surface area contributed by atoms with Crippen molar-refractivity contribution in [1.82, 2.24) is 14.5 Å². The summed E-state index contributed by atoms with van der Waals surface area (Å²) in [6.45, 7) is 9.13. The molecule has 0 spiro atoms. The van der Waals surface area contributed by atoms with Gasteiger partial charge in [-0.1, -0.05) is 13.8 Å². The summed E-state index contributed by atoms with van der Waals surface area (Å²) in [6.07, 6.45) is 5.73. The third-order valence-electron chi connectivity index (χ3n) is 5.30. The normalized spacial score (nSPS) is 26.5. The minimum atomic E-state index is -3.20. The van der Waals surface area contributed by atoms with Crippen molar-refractivity contribution in [2.75, 3.05) is 45.0 Å². The molecule has 2 heterocycles. The van der Waals surface area contributed by atoms with E-state index >= 15 is 0 Å². The van der Waals surface area contributed by atoms with Crippen molar-refractivity contribution < 1.29 is 13.2 Å². The van der Waals surface area contributed by atoms with E-state index in [-0.39, 0.29) is 17.6 Å². The zero-order chi connectivity index (χ0) is 18.3. The molecule has 146 valence electrons. The molecule has 1 N–H and O–H groups in total. The fraction of sp³-hybridized carbons (Fsp3) is 0.944. The van der Waals surface area contributed by atoms with Crippen LogP contribution in [0.1, 0.15) is 52.4 Å². The highest BCUT2D eigenvalue weighted by molar-refractivity contribution is 7.89. The zero-order valence-corrected chi connectivity index (χ0v) is 16.7. The number of nitrogens with zero attached hydrogens (tertiary/aromatic N) is 2. The highest BCUT2D eigenvalue weighted by Gasteiger charge is 2.31. The first kappa shape index (κ1) is 20.6. The van der Waals surface area contributed by atoms with Crippen LogP contribution in [0.2, 0.25) is 0 Å². The van der Waals surface area contributed by atoms with Gasteiger partial charge >= 0.3 is 0 Å². The topological polar surface area (TPSA) is 69.7 Å². The molecule has 0 radical (unpaired) electrons. The van der Waals surface area contributed by atoms with E-state index in [4.69, 9.17) is 0 Å². The third-order valence-corrected chi connectivity index (χ3v) is 7.34. The zero-order valence-electron chi connectivity index (χ0n) is 15.9. The quantitative estimate of drug-likeness (QED) is 0.657. The van der Waals surface area contributed by atoms with Crippen molar-refractivity contribution in [3.05, 3.63) is 0 Å². The summed E-state index contributed by atoms with van der Waals surface area (Å²) in [5.41, 5.74) is 0. The Morgan fingerprint density at radius 1 is 1.16 bits per heavy atom. The van der Waals surface area contributed by atoms with E-state index in [9.17, 15) is 13.2 Å². The molecular formula is C18H35N3O3S. The maximum absolute atomic E-state index is 12.4. The maximum atomic E-state index is 12.4. The van der Waals surface area contributed by atoms with E-state index in [2.05, 4.69) is 17.1 Å². The standard InChI is InChI=1S/C18H35N3O3S/c1-3-13-25(23,24)21-12-5-8-17(15-21)18(22)19-9-6-11-20-10-4-7-16(2)14-20/h16-17H,3-15H2,1-2H3,(H,19,22)/t16-,17+/m1/s1. The number of piperidine rings is 2. The largest absolute Gasteiger partial charge is 0.356 e. The first-order chi connectivity index (χ1) is 11.9. The van der Waals surface area contributed by atoms with Crippen molar-refractivity contribution in [3.8, 4) is 0 Å². The average molecular weight is 374 g/mol. The number of rotatable bonds is 8. The van der Waals surface area contributed by atoms with Crippen LogP contribution in [0.5, 0.6) is 0 Å². The summed E-state index contributed by atoms with van der Waals surface area (Å²) < 4.78 is 25.9. The summed E-state index contributed by atoms with van der Waals surface area (Å²) in [5.74, 6) is 0.774. The highest BCUT2D eigenvalue weighted by Crippen LogP contribution is 2.20. The third kappa shape index (κ3) is 6.53. The Labute approximate surface area is 153 Å². The molecule has 1 amide bonds. The number of hydrogen-bond donors (Lipinski definition) is 1. The smallest absolute Gasteiger partial charge is 0.224 e. The van der Waals surface area contributed by atoms with Gasteiger partial charge in [-0.25, -0.2) is 12.7 Å². The van der Waals surface area contributed by atoms with Gasteiger partial charge in [0.05, 0.1) is 11.7 Å². The van der Waals surface area contributed by atoms with Crippen molar-refractivity contribution in [3.63, 3.8) is 0 Å². The summed E-state index contributed by atoms with van der Waals surface area (Å²) >= 11 is 0. The van der Waals surface area contributed by atoms with Crippen LogP contribution in [0, 0.1) is 11.8 Å². The van der Waals surface area contributed by atoms with Gasteiger partial charge in [-0.05, 0) is 57.5 Å². The van der Waals surface area contributed by atoms with Crippen LogP contribution in [0.3, 0.4) is 0 Å². The second kappa shape index (κ2) is 9.88. The molecule has 25 heavy (non-hydrogen) atoms. The minimum Gasteiger partial charge on any atom is -0.356 e. The molecule has 2 aliphatic rings. The molecule has 7 heteroatoms. The first-order valence-electron chi connectivity index (χ1n) is 9.90. The second-order valence-corrected chi connectivity index (χ2v) is 9.79. The van der Waals surface area contributed by atoms with Gasteiger partial charge in [0.2, 0.25) is 15.9 Å². The predicted molar refractivity (Wildman–Crippen MR) is 101 cm³/mol. The van der Waals surface area contributed by atoms with E-state index in [1.54, 1.807) is 0 Å². The number of carbonyl (C=O) groups is 1. The fourth-order valence-electron chi connectivity index (χ4n) is 3.94. The van der Waals surface area contributed by atoms with Crippen LogP contribution < -0.4 is 5.32 Å². The Hall–Kier alpha value is -0.660.